The van der Waals surface area contributed by atoms with Crippen LogP contribution in [0.4, 0.5) is 20.8 Å². The van der Waals surface area contributed by atoms with E-state index >= 15 is 0 Å². The van der Waals surface area contributed by atoms with Gasteiger partial charge < -0.3 is 20.1 Å². The van der Waals surface area contributed by atoms with Crippen LogP contribution in [0.2, 0.25) is 0 Å². The van der Waals surface area contributed by atoms with Crippen molar-refractivity contribution in [2.24, 2.45) is 23.5 Å². The zero-order valence-corrected chi connectivity index (χ0v) is 24.1. The number of imidazole rings is 1. The van der Waals surface area contributed by atoms with Gasteiger partial charge in [0.05, 0.1) is 11.6 Å². The molecule has 0 spiro atoms. The van der Waals surface area contributed by atoms with Crippen molar-refractivity contribution in [2.45, 2.75) is 50.5 Å². The Morgan fingerprint density at radius 1 is 1.07 bits per heavy atom. The van der Waals surface area contributed by atoms with Crippen LogP contribution >= 0.6 is 0 Å². The van der Waals surface area contributed by atoms with E-state index in [1.807, 2.05) is 41.1 Å². The molecule has 3 aliphatic rings. The van der Waals surface area contributed by atoms with Crippen LogP contribution in [0.25, 0.3) is 0 Å². The van der Waals surface area contributed by atoms with E-state index in [4.69, 9.17) is 11.0 Å². The summed E-state index contributed by atoms with van der Waals surface area (Å²) in [6.07, 6.45) is 10.3. The van der Waals surface area contributed by atoms with Gasteiger partial charge in [-0.15, -0.1) is 0 Å². The number of hydrogen-bond acceptors (Lipinski definition) is 5. The van der Waals surface area contributed by atoms with Gasteiger partial charge in [0.2, 0.25) is 5.95 Å². The minimum Gasteiger partial charge on any atom is -0.371 e. The van der Waals surface area contributed by atoms with Gasteiger partial charge in [-0.2, -0.15) is 5.26 Å². The fraction of sp³-hybridized carbons (Fsp3) is 0.485. The van der Waals surface area contributed by atoms with Crippen LogP contribution in [0.15, 0.2) is 60.9 Å². The number of piperidine rings is 1. The Kier molecular flexibility index (Phi) is 8.16. The molecular formula is C33H40FN7O. The van der Waals surface area contributed by atoms with E-state index in [2.05, 4.69) is 32.2 Å². The van der Waals surface area contributed by atoms with Gasteiger partial charge in [-0.1, -0.05) is 25.0 Å². The van der Waals surface area contributed by atoms with Crippen molar-refractivity contribution in [1.82, 2.24) is 14.5 Å². The fourth-order valence-corrected chi connectivity index (χ4v) is 7.96. The zero-order chi connectivity index (χ0) is 29.1. The first-order valence-electron chi connectivity index (χ1n) is 15.3. The van der Waals surface area contributed by atoms with Gasteiger partial charge in [-0.25, -0.2) is 14.2 Å². The number of nitrogens with zero attached hydrogens (tertiary/aromatic N) is 5. The highest BCUT2D eigenvalue weighted by molar-refractivity contribution is 5.85. The Labute approximate surface area is 247 Å². The molecule has 2 saturated heterocycles. The number of anilines is 2. The summed E-state index contributed by atoms with van der Waals surface area (Å²) in [5.74, 6) is 1.67. The lowest BCUT2D eigenvalue weighted by Crippen LogP contribution is -2.54. The van der Waals surface area contributed by atoms with Gasteiger partial charge in [-0.05, 0) is 92.6 Å². The summed E-state index contributed by atoms with van der Waals surface area (Å²) in [4.78, 5) is 21.1. The molecule has 3 aromatic rings. The molecule has 42 heavy (non-hydrogen) atoms. The Morgan fingerprint density at radius 2 is 1.79 bits per heavy atom. The number of carbonyl (C=O) groups excluding carboxylic acids is 1. The Bertz CT molecular complexity index is 1410. The van der Waals surface area contributed by atoms with Crippen molar-refractivity contribution in [3.63, 3.8) is 0 Å². The minimum absolute atomic E-state index is 0.203. The first kappa shape index (κ1) is 28.2. The third-order valence-electron chi connectivity index (χ3n) is 9.98. The molecule has 0 bridgehead atoms. The summed E-state index contributed by atoms with van der Waals surface area (Å²) in [7, 11) is 0. The maximum absolute atomic E-state index is 14.8. The maximum atomic E-state index is 14.8. The molecule has 0 radical (unpaired) electrons. The lowest BCUT2D eigenvalue weighted by atomic mass is 9.59. The molecule has 8 nitrogen and oxygen atoms in total. The maximum Gasteiger partial charge on any atom is 0.318 e. The molecule has 3 N–H and O–H groups in total. The van der Waals surface area contributed by atoms with E-state index in [9.17, 15) is 9.18 Å². The van der Waals surface area contributed by atoms with Gasteiger partial charge >= 0.3 is 6.03 Å². The van der Waals surface area contributed by atoms with Crippen LogP contribution in [0, 0.1) is 34.9 Å². The number of nitrogens with two attached hydrogens (primary N) is 1. The number of nitriles is 1. The predicted molar refractivity (Wildman–Crippen MR) is 161 cm³/mol. The SMILES string of the molecule is N#Cc1ccc(N2CC(CN3CCC([C@@](Cn4ccnc4NC(N)=O)(c4cccc(F)c4)C4CCCC4)CC3)C2)cc1. The number of primary amides is 1. The second-order valence-corrected chi connectivity index (χ2v) is 12.4. The van der Waals surface area contributed by atoms with Crippen LogP contribution in [0.1, 0.15) is 49.7 Å². The number of carbonyl (C=O) groups is 1. The fourth-order valence-electron chi connectivity index (χ4n) is 7.96. The number of nitrogens with one attached hydrogen (secondary N) is 1. The van der Waals surface area contributed by atoms with Crippen LogP contribution in [-0.4, -0.2) is 53.2 Å². The largest absolute Gasteiger partial charge is 0.371 e. The molecule has 2 aliphatic heterocycles. The topological polar surface area (TPSA) is 103 Å². The van der Waals surface area contributed by atoms with Crippen molar-refractivity contribution in [2.75, 3.05) is 42.9 Å². The lowest BCUT2D eigenvalue weighted by molar-refractivity contribution is 0.0648. The number of urea groups is 1. The van der Waals surface area contributed by atoms with Crippen molar-refractivity contribution in [3.8, 4) is 6.07 Å². The number of likely N-dealkylation sites (tertiary alicyclic amines) is 1. The molecule has 3 fully saturated rings. The molecule has 1 aromatic heterocycles. The molecule has 9 heteroatoms. The van der Waals surface area contributed by atoms with E-state index in [1.54, 1.807) is 12.3 Å². The van der Waals surface area contributed by atoms with Crippen LogP contribution < -0.4 is 16.0 Å². The summed E-state index contributed by atoms with van der Waals surface area (Å²) in [6.45, 7) is 5.85. The van der Waals surface area contributed by atoms with Crippen molar-refractivity contribution < 1.29 is 9.18 Å². The predicted octanol–water partition coefficient (Wildman–Crippen LogP) is 5.36. The molecule has 1 saturated carbocycles. The average Bonchev–Trinajstić information content (AvgIpc) is 3.67. The standard InChI is InChI=1S/C33H40FN7O/c34-29-7-3-6-28(18-29)33(26-4-1-2-5-26,23-40-17-14-37-32(40)38-31(36)42)27-12-15-39(16-13-27)20-25-21-41(22-25)30-10-8-24(19-35)9-11-30/h3,6-11,14,17-18,25-27H,1-2,4-5,12-13,15-16,20-23H2,(H3,36,37,38,42)/t33-/m0/s1. The number of halogens is 1. The third kappa shape index (κ3) is 5.73. The van der Waals surface area contributed by atoms with Crippen LogP contribution in [0.3, 0.4) is 0 Å². The van der Waals surface area contributed by atoms with Gasteiger partial charge in [-0.3, -0.25) is 5.32 Å². The molecule has 0 unspecified atom stereocenters. The average molecular weight is 570 g/mol. The van der Waals surface area contributed by atoms with Crippen molar-refractivity contribution in [1.29, 1.82) is 5.26 Å². The third-order valence-corrected chi connectivity index (χ3v) is 9.98. The number of benzene rings is 2. The summed E-state index contributed by atoms with van der Waals surface area (Å²) in [6, 6.07) is 16.6. The highest BCUT2D eigenvalue weighted by Gasteiger charge is 2.49. The van der Waals surface area contributed by atoms with Gasteiger partial charge in [0.15, 0.2) is 0 Å². The quantitative estimate of drug-likeness (QED) is 0.361. The van der Waals surface area contributed by atoms with E-state index < -0.39 is 6.03 Å². The second-order valence-electron chi connectivity index (χ2n) is 12.4. The Balaban J connectivity index is 1.19. The number of hydrogen-bond donors (Lipinski definition) is 2. The van der Waals surface area contributed by atoms with E-state index in [0.29, 0.717) is 35.8 Å². The Morgan fingerprint density at radius 3 is 2.45 bits per heavy atom. The summed E-state index contributed by atoms with van der Waals surface area (Å²) in [5.41, 5.74) is 8.13. The lowest BCUT2D eigenvalue weighted by Gasteiger charge is -2.50. The van der Waals surface area contributed by atoms with E-state index in [0.717, 1.165) is 64.0 Å². The molecule has 2 amide bonds. The summed E-state index contributed by atoms with van der Waals surface area (Å²) < 4.78 is 16.8. The van der Waals surface area contributed by atoms with Gasteiger partial charge in [0, 0.05) is 55.6 Å². The minimum atomic E-state index is -0.637. The van der Waals surface area contributed by atoms with Crippen LogP contribution in [0.5, 0.6) is 0 Å². The Hall–Kier alpha value is -3.90. The molecule has 220 valence electrons. The van der Waals surface area contributed by atoms with Gasteiger partial charge in [0.1, 0.15) is 5.82 Å². The first-order chi connectivity index (χ1) is 20.4. The van der Waals surface area contributed by atoms with Crippen LogP contribution in [-0.2, 0) is 12.0 Å². The molecule has 1 aliphatic carbocycles. The molecule has 6 rings (SSSR count). The van der Waals surface area contributed by atoms with E-state index in [-0.39, 0.29) is 11.2 Å². The number of rotatable bonds is 9. The summed E-state index contributed by atoms with van der Waals surface area (Å²) >= 11 is 0. The van der Waals surface area contributed by atoms with E-state index in [1.165, 1.54) is 24.6 Å². The highest BCUT2D eigenvalue weighted by atomic mass is 19.1. The molecule has 2 aromatic carbocycles. The van der Waals surface area contributed by atoms with Crippen molar-refractivity contribution in [3.05, 3.63) is 77.9 Å². The zero-order valence-electron chi connectivity index (χ0n) is 24.1. The number of aromatic nitrogens is 2. The molecule has 3 heterocycles. The highest BCUT2D eigenvalue weighted by Crippen LogP contribution is 2.51. The first-order valence-corrected chi connectivity index (χ1v) is 15.3. The normalized spacial score (nSPS) is 20.1. The second kappa shape index (κ2) is 12.1. The molecule has 1 atom stereocenters. The van der Waals surface area contributed by atoms with Crippen molar-refractivity contribution >= 4 is 17.7 Å². The summed E-state index contributed by atoms with van der Waals surface area (Å²) in [5, 5.41) is 11.8. The number of amides is 2. The monoisotopic (exact) mass is 569 g/mol. The molecular weight excluding hydrogens is 529 g/mol. The smallest absolute Gasteiger partial charge is 0.318 e. The van der Waals surface area contributed by atoms with Gasteiger partial charge in [0.25, 0.3) is 0 Å².